The van der Waals surface area contributed by atoms with Gasteiger partial charge in [-0.15, -0.1) is 0 Å². The molecule has 2 aromatic carbocycles. The monoisotopic (exact) mass is 401 g/mol. The van der Waals surface area contributed by atoms with Crippen LogP contribution in [-0.2, 0) is 0 Å². The molecule has 5 aromatic rings. The molecule has 0 saturated carbocycles. The minimum atomic E-state index is -0.0757. The maximum absolute atomic E-state index is 11.6. The minimum Gasteiger partial charge on any atom is -0.497 e. The van der Waals surface area contributed by atoms with E-state index in [-0.39, 0.29) is 4.87 Å². The molecule has 0 spiro atoms. The lowest BCUT2D eigenvalue weighted by Gasteiger charge is -2.12. The molecule has 2 N–H and O–H groups in total. The highest BCUT2D eigenvalue weighted by molar-refractivity contribution is 7.16. The Morgan fingerprint density at radius 3 is 2.86 bits per heavy atom. The zero-order chi connectivity index (χ0) is 19.8. The summed E-state index contributed by atoms with van der Waals surface area (Å²) >= 11 is 1.19. The van der Waals surface area contributed by atoms with E-state index in [2.05, 4.69) is 20.3 Å². The van der Waals surface area contributed by atoms with Gasteiger partial charge in [-0.3, -0.25) is 9.78 Å². The number of nitrogens with one attached hydrogen (secondary N) is 2. The first kappa shape index (κ1) is 17.3. The Morgan fingerprint density at radius 2 is 2.03 bits per heavy atom. The first-order valence-corrected chi connectivity index (χ1v) is 9.67. The van der Waals surface area contributed by atoms with Crippen LogP contribution in [-0.4, -0.2) is 27.0 Å². The number of thiazole rings is 1. The molecule has 0 saturated heterocycles. The van der Waals surface area contributed by atoms with E-state index in [0.717, 1.165) is 38.1 Å². The molecule has 0 fully saturated rings. The van der Waals surface area contributed by atoms with Crippen molar-refractivity contribution in [2.45, 2.75) is 0 Å². The maximum atomic E-state index is 11.6. The van der Waals surface area contributed by atoms with Crippen molar-refractivity contribution in [1.29, 1.82) is 0 Å². The third-order valence-corrected chi connectivity index (χ3v) is 5.37. The van der Waals surface area contributed by atoms with E-state index < -0.39 is 0 Å². The molecule has 0 aliphatic rings. The van der Waals surface area contributed by atoms with Gasteiger partial charge in [0, 0.05) is 29.0 Å². The lowest BCUT2D eigenvalue weighted by Crippen LogP contribution is -2.00. The number of nitrogens with zero attached hydrogens (tertiary/aromatic N) is 3. The smallest absolute Gasteiger partial charge is 0.305 e. The molecule has 3 heterocycles. The van der Waals surface area contributed by atoms with E-state index in [1.165, 1.54) is 11.3 Å². The fourth-order valence-corrected chi connectivity index (χ4v) is 3.84. The van der Waals surface area contributed by atoms with Gasteiger partial charge in [-0.25, -0.2) is 9.97 Å². The third kappa shape index (κ3) is 3.30. The second-order valence-corrected chi connectivity index (χ2v) is 7.39. The van der Waals surface area contributed by atoms with Gasteiger partial charge in [-0.1, -0.05) is 11.3 Å². The normalized spacial score (nSPS) is 11.1. The second kappa shape index (κ2) is 6.99. The van der Waals surface area contributed by atoms with Crippen LogP contribution in [0.2, 0.25) is 0 Å². The number of H-pyrrole nitrogens is 1. The predicted molar refractivity (Wildman–Crippen MR) is 115 cm³/mol. The molecule has 0 atom stereocenters. The molecular formula is C21H15N5O2S. The first-order chi connectivity index (χ1) is 14.2. The largest absolute Gasteiger partial charge is 0.497 e. The number of aromatic amines is 1. The summed E-state index contributed by atoms with van der Waals surface area (Å²) < 4.78 is 6.28. The van der Waals surface area contributed by atoms with Crippen LogP contribution >= 0.6 is 11.3 Å². The van der Waals surface area contributed by atoms with Crippen molar-refractivity contribution < 1.29 is 4.74 Å². The van der Waals surface area contributed by atoms with Gasteiger partial charge in [0.05, 0.1) is 22.8 Å². The van der Waals surface area contributed by atoms with Crippen LogP contribution in [0.1, 0.15) is 0 Å². The number of hydrogen-bond donors (Lipinski definition) is 2. The average molecular weight is 401 g/mol. The van der Waals surface area contributed by atoms with E-state index in [1.54, 1.807) is 19.5 Å². The highest BCUT2D eigenvalue weighted by Gasteiger charge is 2.12. The number of benzene rings is 2. The van der Waals surface area contributed by atoms with Crippen LogP contribution in [0.15, 0.2) is 65.7 Å². The molecule has 0 aliphatic carbocycles. The molecule has 29 heavy (non-hydrogen) atoms. The molecule has 0 amide bonds. The Kier molecular flexibility index (Phi) is 4.18. The zero-order valence-corrected chi connectivity index (χ0v) is 16.2. The molecule has 0 bridgehead atoms. The topological polar surface area (TPSA) is 92.8 Å². The highest BCUT2D eigenvalue weighted by Crippen LogP contribution is 2.30. The number of anilines is 2. The van der Waals surface area contributed by atoms with Crippen molar-refractivity contribution in [1.82, 2.24) is 19.9 Å². The molecule has 7 nitrogen and oxygen atoms in total. The molecule has 0 unspecified atom stereocenters. The van der Waals surface area contributed by atoms with E-state index in [4.69, 9.17) is 9.72 Å². The van der Waals surface area contributed by atoms with Crippen LogP contribution in [0.25, 0.3) is 32.5 Å². The summed E-state index contributed by atoms with van der Waals surface area (Å²) in [6.07, 6.45) is 3.45. The Labute approximate surface area is 169 Å². The quantitative estimate of drug-likeness (QED) is 0.465. The predicted octanol–water partition coefficient (Wildman–Crippen LogP) is 4.35. The lowest BCUT2D eigenvalue weighted by atomic mass is 10.2. The van der Waals surface area contributed by atoms with Gasteiger partial charge in [0.1, 0.15) is 11.6 Å². The summed E-state index contributed by atoms with van der Waals surface area (Å²) in [6, 6.07) is 15.2. The molecular weight excluding hydrogens is 386 g/mol. The fourth-order valence-electron chi connectivity index (χ4n) is 3.12. The van der Waals surface area contributed by atoms with Gasteiger partial charge < -0.3 is 15.0 Å². The van der Waals surface area contributed by atoms with E-state index >= 15 is 0 Å². The molecule has 5 rings (SSSR count). The summed E-state index contributed by atoms with van der Waals surface area (Å²) in [4.78, 5) is 28.0. The zero-order valence-electron chi connectivity index (χ0n) is 15.3. The standard InChI is InChI=1S/C21H15N5O2S/c1-28-14-5-6-16-15(10-14)20(26-19(24-16)12-3-2-8-22-11-12)23-13-4-7-18-17(9-13)25-21(27)29-18/h2-11H,1H3,(H,25,27)(H,23,24,26). The summed E-state index contributed by atoms with van der Waals surface area (Å²) in [5, 5.41) is 4.19. The van der Waals surface area contributed by atoms with Crippen LogP contribution in [0, 0.1) is 0 Å². The molecule has 0 aliphatic heterocycles. The number of aromatic nitrogens is 4. The minimum absolute atomic E-state index is 0.0757. The van der Waals surface area contributed by atoms with Gasteiger partial charge in [-0.2, -0.15) is 0 Å². The summed E-state index contributed by atoms with van der Waals surface area (Å²) in [5.74, 6) is 1.93. The Hall–Kier alpha value is -3.78. The van der Waals surface area contributed by atoms with E-state index in [0.29, 0.717) is 11.6 Å². The first-order valence-electron chi connectivity index (χ1n) is 8.86. The van der Waals surface area contributed by atoms with Gasteiger partial charge in [0.15, 0.2) is 5.82 Å². The number of methoxy groups -OCH3 is 1. The van der Waals surface area contributed by atoms with E-state index in [1.807, 2.05) is 48.5 Å². The molecule has 3 aromatic heterocycles. The second-order valence-electron chi connectivity index (χ2n) is 6.37. The fraction of sp³-hybridized carbons (Fsp3) is 0.0476. The van der Waals surface area contributed by atoms with Crippen molar-refractivity contribution in [3.8, 4) is 17.1 Å². The number of fused-ring (bicyclic) bond motifs is 2. The summed E-state index contributed by atoms with van der Waals surface area (Å²) in [7, 11) is 1.62. The summed E-state index contributed by atoms with van der Waals surface area (Å²) in [6.45, 7) is 0. The maximum Gasteiger partial charge on any atom is 0.305 e. The van der Waals surface area contributed by atoms with Crippen molar-refractivity contribution in [2.75, 3.05) is 12.4 Å². The lowest BCUT2D eigenvalue weighted by molar-refractivity contribution is 0.415. The Bertz CT molecular complexity index is 1400. The van der Waals surface area contributed by atoms with E-state index in [9.17, 15) is 4.79 Å². The number of hydrogen-bond acceptors (Lipinski definition) is 7. The number of ether oxygens (including phenoxy) is 1. The average Bonchev–Trinajstić information content (AvgIpc) is 3.13. The van der Waals surface area contributed by atoms with Crippen LogP contribution in [0.3, 0.4) is 0 Å². The Morgan fingerprint density at radius 1 is 1.10 bits per heavy atom. The van der Waals surface area contributed by atoms with Crippen molar-refractivity contribution >= 4 is 44.0 Å². The summed E-state index contributed by atoms with van der Waals surface area (Å²) in [5.41, 5.74) is 3.21. The van der Waals surface area contributed by atoms with Crippen molar-refractivity contribution in [3.63, 3.8) is 0 Å². The molecule has 0 radical (unpaired) electrons. The number of pyridine rings is 1. The van der Waals surface area contributed by atoms with Gasteiger partial charge in [-0.05, 0) is 48.5 Å². The van der Waals surface area contributed by atoms with Gasteiger partial charge in [0.25, 0.3) is 0 Å². The number of rotatable bonds is 4. The SMILES string of the molecule is COc1ccc2nc(-c3cccnc3)nc(Nc3ccc4sc(=O)[nH]c4c3)c2c1. The van der Waals surface area contributed by atoms with Crippen LogP contribution in [0.5, 0.6) is 5.75 Å². The van der Waals surface area contributed by atoms with Crippen molar-refractivity contribution in [2.24, 2.45) is 0 Å². The van der Waals surface area contributed by atoms with Gasteiger partial charge >= 0.3 is 4.87 Å². The third-order valence-electron chi connectivity index (χ3n) is 4.50. The Balaban J connectivity index is 1.67. The van der Waals surface area contributed by atoms with Gasteiger partial charge in [0.2, 0.25) is 0 Å². The van der Waals surface area contributed by atoms with Crippen LogP contribution in [0.4, 0.5) is 11.5 Å². The van der Waals surface area contributed by atoms with Crippen LogP contribution < -0.4 is 14.9 Å². The van der Waals surface area contributed by atoms with Crippen molar-refractivity contribution in [3.05, 3.63) is 70.6 Å². The molecule has 8 heteroatoms. The highest BCUT2D eigenvalue weighted by atomic mass is 32.1. The molecule has 142 valence electrons.